The summed E-state index contributed by atoms with van der Waals surface area (Å²) in [6.07, 6.45) is 5.10. The van der Waals surface area contributed by atoms with Crippen LogP contribution in [0.25, 0.3) is 0 Å². The van der Waals surface area contributed by atoms with Gasteiger partial charge in [0, 0.05) is 0 Å². The van der Waals surface area contributed by atoms with Crippen molar-refractivity contribution in [3.63, 3.8) is 0 Å². The smallest absolute Gasteiger partial charge is 0.238 e. The topological polar surface area (TPSA) is 57.6 Å². The molecular weight excluding hydrogens is 242 g/mol. The zero-order valence-corrected chi connectivity index (χ0v) is 10.2. The van der Waals surface area contributed by atoms with Crippen LogP contribution in [0.1, 0.15) is 6.42 Å². The first-order valence-corrected chi connectivity index (χ1v) is 6.52. The van der Waals surface area contributed by atoms with E-state index in [1.165, 1.54) is 17.0 Å². The number of benzene rings is 1. The summed E-state index contributed by atoms with van der Waals surface area (Å²) in [5, 5.41) is 9.29. The zero-order chi connectivity index (χ0) is 13.1. The highest BCUT2D eigenvalue weighted by atomic mass is 16.3. The molecule has 3 aliphatic rings. The van der Waals surface area contributed by atoms with E-state index in [2.05, 4.69) is 12.2 Å². The number of nitrogens with zero attached hydrogens (tertiary/aromatic N) is 1. The predicted molar refractivity (Wildman–Crippen MR) is 68.3 cm³/mol. The van der Waals surface area contributed by atoms with E-state index >= 15 is 0 Å². The second kappa shape index (κ2) is 3.47. The Bertz CT molecular complexity index is 574. The van der Waals surface area contributed by atoms with Crippen LogP contribution in [0.15, 0.2) is 36.4 Å². The maximum atomic E-state index is 12.5. The van der Waals surface area contributed by atoms with Crippen molar-refractivity contribution in [2.75, 3.05) is 4.90 Å². The van der Waals surface area contributed by atoms with E-state index in [0.29, 0.717) is 5.69 Å². The van der Waals surface area contributed by atoms with Crippen LogP contribution < -0.4 is 4.90 Å². The zero-order valence-electron chi connectivity index (χ0n) is 10.2. The van der Waals surface area contributed by atoms with Gasteiger partial charge in [0.1, 0.15) is 5.75 Å². The molecule has 1 saturated heterocycles. The standard InChI is InChI=1S/C15H13NO3/c17-11-5-3-10(4-6-11)16-14(18)12-8-1-2-9(7-8)13(12)15(16)19/h1-6,8-9,12-13,17H,7H2/t8-,9+,12-,13-/m1/s1. The Morgan fingerprint density at radius 2 is 1.47 bits per heavy atom. The maximum Gasteiger partial charge on any atom is 0.238 e. The Balaban J connectivity index is 1.74. The summed E-state index contributed by atoms with van der Waals surface area (Å²) in [6.45, 7) is 0. The third kappa shape index (κ3) is 1.28. The van der Waals surface area contributed by atoms with Gasteiger partial charge in [0.2, 0.25) is 11.8 Å². The van der Waals surface area contributed by atoms with Crippen LogP contribution >= 0.6 is 0 Å². The normalized spacial score (nSPS) is 35.3. The predicted octanol–water partition coefficient (Wildman–Crippen LogP) is 1.70. The van der Waals surface area contributed by atoms with Crippen LogP contribution in [-0.4, -0.2) is 16.9 Å². The van der Waals surface area contributed by atoms with Gasteiger partial charge in [-0.2, -0.15) is 0 Å². The first kappa shape index (κ1) is 10.8. The van der Waals surface area contributed by atoms with Crippen molar-refractivity contribution < 1.29 is 14.7 Å². The van der Waals surface area contributed by atoms with Crippen LogP contribution in [0.5, 0.6) is 5.75 Å². The lowest BCUT2D eigenvalue weighted by Crippen LogP contribution is -2.32. The number of fused-ring (bicyclic) bond motifs is 5. The number of rotatable bonds is 1. The summed E-state index contributed by atoms with van der Waals surface area (Å²) in [5.74, 6) is 0.0783. The minimum Gasteiger partial charge on any atom is -0.508 e. The SMILES string of the molecule is O=C1[C@H]2[C@H](C(=O)N1c1ccc(O)cc1)[C@H]1C=C[C@@H]2C1. The molecule has 4 atom stereocenters. The Labute approximate surface area is 110 Å². The number of aromatic hydroxyl groups is 1. The molecule has 1 aliphatic heterocycles. The monoisotopic (exact) mass is 255 g/mol. The minimum atomic E-state index is -0.170. The number of hydrogen-bond acceptors (Lipinski definition) is 3. The fourth-order valence-corrected chi connectivity index (χ4v) is 3.76. The second-order valence-corrected chi connectivity index (χ2v) is 5.53. The second-order valence-electron chi connectivity index (χ2n) is 5.53. The number of amides is 2. The number of phenolic OH excluding ortho intramolecular Hbond substituents is 1. The van der Waals surface area contributed by atoms with Crippen LogP contribution in [-0.2, 0) is 9.59 Å². The average Bonchev–Trinajstić information content (AvgIpc) is 3.06. The van der Waals surface area contributed by atoms with Crippen LogP contribution in [0, 0.1) is 23.7 Å². The molecule has 2 fully saturated rings. The molecule has 96 valence electrons. The Kier molecular flexibility index (Phi) is 1.97. The number of anilines is 1. The fourth-order valence-electron chi connectivity index (χ4n) is 3.76. The van der Waals surface area contributed by atoms with Gasteiger partial charge in [-0.15, -0.1) is 0 Å². The van der Waals surface area contributed by atoms with Gasteiger partial charge in [-0.25, -0.2) is 0 Å². The van der Waals surface area contributed by atoms with Crippen molar-refractivity contribution in [3.8, 4) is 5.75 Å². The number of phenols is 1. The molecule has 1 aromatic carbocycles. The Morgan fingerprint density at radius 3 is 2.00 bits per heavy atom. The highest BCUT2D eigenvalue weighted by Gasteiger charge is 2.59. The van der Waals surface area contributed by atoms with E-state index in [-0.39, 0.29) is 41.2 Å². The number of imide groups is 1. The third-order valence-electron chi connectivity index (χ3n) is 4.58. The first-order valence-electron chi connectivity index (χ1n) is 6.52. The lowest BCUT2D eigenvalue weighted by atomic mass is 9.85. The minimum absolute atomic E-state index is 0.0856. The van der Waals surface area contributed by atoms with Crippen molar-refractivity contribution in [1.29, 1.82) is 0 Å². The van der Waals surface area contributed by atoms with Gasteiger partial charge >= 0.3 is 0 Å². The van der Waals surface area contributed by atoms with E-state index in [1.807, 2.05) is 0 Å². The van der Waals surface area contributed by atoms with Gasteiger partial charge in [0.25, 0.3) is 0 Å². The van der Waals surface area contributed by atoms with E-state index in [4.69, 9.17) is 0 Å². The van der Waals surface area contributed by atoms with Crippen molar-refractivity contribution in [3.05, 3.63) is 36.4 Å². The molecular formula is C15H13NO3. The Morgan fingerprint density at radius 1 is 0.947 bits per heavy atom. The van der Waals surface area contributed by atoms with Gasteiger partial charge in [0.15, 0.2) is 0 Å². The summed E-state index contributed by atoms with van der Waals surface area (Å²) in [7, 11) is 0. The molecule has 2 bridgehead atoms. The molecule has 0 spiro atoms. The van der Waals surface area contributed by atoms with E-state index in [9.17, 15) is 14.7 Å². The molecule has 1 saturated carbocycles. The summed E-state index contributed by atoms with van der Waals surface area (Å²) >= 11 is 0. The van der Waals surface area contributed by atoms with E-state index in [0.717, 1.165) is 6.42 Å². The van der Waals surface area contributed by atoms with Crippen molar-refractivity contribution in [2.45, 2.75) is 6.42 Å². The molecule has 0 aromatic heterocycles. The molecule has 1 N–H and O–H groups in total. The lowest BCUT2D eigenvalue weighted by molar-refractivity contribution is -0.123. The number of carbonyl (C=O) groups excluding carboxylic acids is 2. The fraction of sp³-hybridized carbons (Fsp3) is 0.333. The van der Waals surface area contributed by atoms with E-state index in [1.54, 1.807) is 12.1 Å². The molecule has 2 amide bonds. The molecule has 4 heteroatoms. The first-order chi connectivity index (χ1) is 9.16. The summed E-state index contributed by atoms with van der Waals surface area (Å²) < 4.78 is 0. The summed E-state index contributed by atoms with van der Waals surface area (Å²) in [6, 6.07) is 6.22. The number of hydrogen-bond donors (Lipinski definition) is 1. The molecule has 4 nitrogen and oxygen atoms in total. The summed E-state index contributed by atoms with van der Waals surface area (Å²) in [5.41, 5.74) is 0.557. The van der Waals surface area contributed by atoms with Crippen molar-refractivity contribution in [1.82, 2.24) is 0 Å². The van der Waals surface area contributed by atoms with Gasteiger partial charge < -0.3 is 5.11 Å². The van der Waals surface area contributed by atoms with Gasteiger partial charge in [-0.1, -0.05) is 12.2 Å². The largest absolute Gasteiger partial charge is 0.508 e. The van der Waals surface area contributed by atoms with Gasteiger partial charge in [0.05, 0.1) is 17.5 Å². The van der Waals surface area contributed by atoms with Crippen LogP contribution in [0.3, 0.4) is 0 Å². The molecule has 0 unspecified atom stereocenters. The quantitative estimate of drug-likeness (QED) is 0.614. The number of allylic oxidation sites excluding steroid dienone is 2. The average molecular weight is 255 g/mol. The third-order valence-corrected chi connectivity index (χ3v) is 4.58. The lowest BCUT2D eigenvalue weighted by Gasteiger charge is -2.17. The van der Waals surface area contributed by atoms with Gasteiger partial charge in [-0.05, 0) is 42.5 Å². The number of carbonyl (C=O) groups is 2. The molecule has 1 aromatic rings. The van der Waals surface area contributed by atoms with Crippen LogP contribution in [0.2, 0.25) is 0 Å². The van der Waals surface area contributed by atoms with Crippen molar-refractivity contribution in [2.24, 2.45) is 23.7 Å². The van der Waals surface area contributed by atoms with Crippen LogP contribution in [0.4, 0.5) is 5.69 Å². The Hall–Kier alpha value is -2.10. The molecule has 19 heavy (non-hydrogen) atoms. The highest BCUT2D eigenvalue weighted by Crippen LogP contribution is 2.53. The molecule has 2 aliphatic carbocycles. The maximum absolute atomic E-state index is 12.5. The van der Waals surface area contributed by atoms with Crippen molar-refractivity contribution >= 4 is 17.5 Å². The summed E-state index contributed by atoms with van der Waals surface area (Å²) in [4.78, 5) is 26.3. The highest BCUT2D eigenvalue weighted by molar-refractivity contribution is 6.22. The van der Waals surface area contributed by atoms with E-state index < -0.39 is 0 Å². The van der Waals surface area contributed by atoms with Gasteiger partial charge in [-0.3, -0.25) is 14.5 Å². The molecule has 4 rings (SSSR count). The molecule has 0 radical (unpaired) electrons. The molecule has 1 heterocycles.